The lowest BCUT2D eigenvalue weighted by Gasteiger charge is -2.27. The van der Waals surface area contributed by atoms with Crippen LogP contribution in [0.3, 0.4) is 0 Å². The number of benzene rings is 1. The predicted molar refractivity (Wildman–Crippen MR) is 130 cm³/mol. The zero-order valence-electron chi connectivity index (χ0n) is 19.7. The summed E-state index contributed by atoms with van der Waals surface area (Å²) in [5.41, 5.74) is 6.18. The maximum absolute atomic E-state index is 13.7. The third-order valence-electron chi connectivity index (χ3n) is 6.59. The summed E-state index contributed by atoms with van der Waals surface area (Å²) in [5.74, 6) is -0.291. The number of ketones is 1. The van der Waals surface area contributed by atoms with Crippen molar-refractivity contribution in [2.24, 2.45) is 7.05 Å². The Labute approximate surface area is 194 Å². The molecule has 0 bridgehead atoms. The van der Waals surface area contributed by atoms with Crippen molar-refractivity contribution in [1.29, 1.82) is 0 Å². The Morgan fingerprint density at radius 2 is 1.70 bits per heavy atom. The van der Waals surface area contributed by atoms with E-state index < -0.39 is 0 Å². The topological polar surface area (TPSA) is 76.3 Å². The Balaban J connectivity index is 1.79. The number of amides is 1. The molecule has 1 N–H and O–H groups in total. The number of carbonyl (C=O) groups is 2. The fourth-order valence-corrected chi connectivity index (χ4v) is 4.83. The van der Waals surface area contributed by atoms with Crippen LogP contribution in [0.5, 0.6) is 0 Å². The Hall–Kier alpha value is -3.19. The van der Waals surface area contributed by atoms with Gasteiger partial charge in [-0.15, -0.1) is 0 Å². The first-order valence-electron chi connectivity index (χ1n) is 11.8. The Kier molecular flexibility index (Phi) is 6.79. The molecule has 3 heterocycles. The van der Waals surface area contributed by atoms with Crippen LogP contribution in [0.25, 0.3) is 10.9 Å². The van der Waals surface area contributed by atoms with Gasteiger partial charge in [-0.25, -0.2) is 5.01 Å². The van der Waals surface area contributed by atoms with Crippen LogP contribution in [-0.2, 0) is 26.4 Å². The quantitative estimate of drug-likeness (QED) is 0.562. The highest BCUT2D eigenvalue weighted by Crippen LogP contribution is 2.25. The molecular formula is C26H32N4O3. The number of nitrogens with one attached hydrogen (secondary N) is 1. The maximum atomic E-state index is 13.7. The van der Waals surface area contributed by atoms with Crippen molar-refractivity contribution in [1.82, 2.24) is 19.6 Å². The van der Waals surface area contributed by atoms with E-state index in [1.54, 1.807) is 16.7 Å². The molecule has 7 nitrogen and oxygen atoms in total. The molecule has 0 aliphatic carbocycles. The van der Waals surface area contributed by atoms with Gasteiger partial charge in [-0.2, -0.15) is 0 Å². The summed E-state index contributed by atoms with van der Waals surface area (Å²) in [4.78, 5) is 39.8. The highest BCUT2D eigenvalue weighted by atomic mass is 16.2. The van der Waals surface area contributed by atoms with Gasteiger partial charge in [-0.1, -0.05) is 50.6 Å². The molecule has 4 rings (SSSR count). The maximum Gasteiger partial charge on any atom is 0.282 e. The van der Waals surface area contributed by atoms with Crippen molar-refractivity contribution in [2.45, 2.75) is 52.5 Å². The van der Waals surface area contributed by atoms with Crippen molar-refractivity contribution in [2.75, 3.05) is 13.1 Å². The zero-order chi connectivity index (χ0) is 23.5. The number of nitrogens with zero attached hydrogens (tertiary/aromatic N) is 3. The van der Waals surface area contributed by atoms with Gasteiger partial charge in [0.1, 0.15) is 5.69 Å². The second-order valence-corrected chi connectivity index (χ2v) is 8.66. The van der Waals surface area contributed by atoms with Crippen molar-refractivity contribution in [3.05, 3.63) is 69.3 Å². The number of hydrogen-bond acceptors (Lipinski definition) is 4. The first kappa shape index (κ1) is 23.0. The van der Waals surface area contributed by atoms with Gasteiger partial charge in [0.25, 0.3) is 11.5 Å². The Bertz CT molecular complexity index is 1230. The molecule has 2 aromatic heterocycles. The number of rotatable bonds is 7. The molecule has 0 radical (unpaired) electrons. The molecule has 0 atom stereocenters. The summed E-state index contributed by atoms with van der Waals surface area (Å²) >= 11 is 0. The minimum atomic E-state index is -0.210. The molecule has 1 amide bonds. The summed E-state index contributed by atoms with van der Waals surface area (Å²) in [6.07, 6.45) is 4.47. The molecule has 174 valence electrons. The van der Waals surface area contributed by atoms with Crippen LogP contribution < -0.4 is 11.0 Å². The molecule has 1 aromatic carbocycles. The third kappa shape index (κ3) is 4.37. The molecular weight excluding hydrogens is 416 g/mol. The molecule has 7 heteroatoms. The van der Waals surface area contributed by atoms with Crippen molar-refractivity contribution >= 4 is 22.6 Å². The number of Topliss-reactive ketones (excluding diaryl/α,β-unsaturated/α-hetero) is 1. The monoisotopic (exact) mass is 448 g/mol. The molecule has 1 aliphatic heterocycles. The standard InChI is InChI=1S/C26H32N4O3/c1-4-19-16-21-23(26(33)30(19)17-22(31)18-12-8-6-9-13-18)20(5-2)24(28(21)3)25(32)27-29-14-10-7-11-15-29/h6,8-9,12-13,16H,4-5,7,10-11,14-15,17H2,1-3H3,(H,27,32). The fraction of sp³-hybridized carbons (Fsp3) is 0.423. The number of aryl methyl sites for hydroxylation is 3. The van der Waals surface area contributed by atoms with E-state index in [2.05, 4.69) is 5.43 Å². The average Bonchev–Trinajstić information content (AvgIpc) is 3.13. The number of aromatic nitrogens is 2. The van der Waals surface area contributed by atoms with Gasteiger partial charge in [0.15, 0.2) is 5.78 Å². The number of pyridine rings is 1. The van der Waals surface area contributed by atoms with E-state index in [1.165, 1.54) is 6.42 Å². The smallest absolute Gasteiger partial charge is 0.282 e. The van der Waals surface area contributed by atoms with Gasteiger partial charge in [-0.05, 0) is 37.3 Å². The van der Waals surface area contributed by atoms with Gasteiger partial charge in [0.2, 0.25) is 0 Å². The van der Waals surface area contributed by atoms with Crippen molar-refractivity contribution in [3.63, 3.8) is 0 Å². The Morgan fingerprint density at radius 1 is 1.00 bits per heavy atom. The number of hydrazine groups is 1. The molecule has 0 unspecified atom stereocenters. The van der Waals surface area contributed by atoms with Crippen LogP contribution in [0.4, 0.5) is 0 Å². The van der Waals surface area contributed by atoms with Crippen LogP contribution >= 0.6 is 0 Å². The van der Waals surface area contributed by atoms with Crippen molar-refractivity contribution in [3.8, 4) is 0 Å². The van der Waals surface area contributed by atoms with E-state index in [4.69, 9.17) is 0 Å². The molecule has 1 aliphatic rings. The lowest BCUT2D eigenvalue weighted by molar-refractivity contribution is 0.0740. The van der Waals surface area contributed by atoms with E-state index >= 15 is 0 Å². The predicted octanol–water partition coefficient (Wildman–Crippen LogP) is 3.48. The number of fused-ring (bicyclic) bond motifs is 1. The SMILES string of the molecule is CCc1c(C(=O)NN2CCCCC2)n(C)c2cc(CC)n(CC(=O)c3ccccc3)c(=O)c12. The van der Waals surface area contributed by atoms with E-state index in [0.717, 1.165) is 42.7 Å². The second-order valence-electron chi connectivity index (χ2n) is 8.66. The van der Waals surface area contributed by atoms with E-state index in [1.807, 2.05) is 54.7 Å². The summed E-state index contributed by atoms with van der Waals surface area (Å²) in [7, 11) is 1.84. The van der Waals surface area contributed by atoms with Gasteiger partial charge in [0, 0.05) is 31.4 Å². The molecule has 0 spiro atoms. The minimum absolute atomic E-state index is 0.0185. The minimum Gasteiger partial charge on any atom is -0.339 e. The second kappa shape index (κ2) is 9.75. The summed E-state index contributed by atoms with van der Waals surface area (Å²) in [5, 5.41) is 2.50. The van der Waals surface area contributed by atoms with Crippen LogP contribution in [-0.4, -0.2) is 38.9 Å². The van der Waals surface area contributed by atoms with Gasteiger partial charge >= 0.3 is 0 Å². The number of hydrogen-bond donors (Lipinski definition) is 1. The van der Waals surface area contributed by atoms with Crippen molar-refractivity contribution < 1.29 is 9.59 Å². The average molecular weight is 449 g/mol. The first-order valence-corrected chi connectivity index (χ1v) is 11.8. The van der Waals surface area contributed by atoms with Crippen LogP contribution in [0, 0.1) is 0 Å². The summed E-state index contributed by atoms with van der Waals surface area (Å²) in [6.45, 7) is 5.59. The Morgan fingerprint density at radius 3 is 2.33 bits per heavy atom. The molecule has 1 fully saturated rings. The highest BCUT2D eigenvalue weighted by Gasteiger charge is 2.26. The summed E-state index contributed by atoms with van der Waals surface area (Å²) < 4.78 is 3.40. The summed E-state index contributed by atoms with van der Waals surface area (Å²) in [6, 6.07) is 11.0. The number of carbonyl (C=O) groups excluding carboxylic acids is 2. The lowest BCUT2D eigenvalue weighted by atomic mass is 10.1. The fourth-order valence-electron chi connectivity index (χ4n) is 4.83. The lowest BCUT2D eigenvalue weighted by Crippen LogP contribution is -2.45. The first-order chi connectivity index (χ1) is 16.0. The van der Waals surface area contributed by atoms with Crippen LogP contribution in [0.1, 0.15) is 65.2 Å². The van der Waals surface area contributed by atoms with E-state index in [0.29, 0.717) is 29.5 Å². The largest absolute Gasteiger partial charge is 0.339 e. The molecule has 1 saturated heterocycles. The normalized spacial score (nSPS) is 14.5. The third-order valence-corrected chi connectivity index (χ3v) is 6.59. The van der Waals surface area contributed by atoms with Crippen LogP contribution in [0.2, 0.25) is 0 Å². The van der Waals surface area contributed by atoms with Crippen LogP contribution in [0.15, 0.2) is 41.2 Å². The zero-order valence-corrected chi connectivity index (χ0v) is 19.7. The van der Waals surface area contributed by atoms with E-state index in [9.17, 15) is 14.4 Å². The van der Waals surface area contributed by atoms with Gasteiger partial charge < -0.3 is 9.13 Å². The highest BCUT2D eigenvalue weighted by molar-refractivity contribution is 6.01. The van der Waals surface area contributed by atoms with E-state index in [-0.39, 0.29) is 23.8 Å². The molecule has 0 saturated carbocycles. The van der Waals surface area contributed by atoms with Gasteiger partial charge in [-0.3, -0.25) is 19.8 Å². The molecule has 33 heavy (non-hydrogen) atoms. The molecule has 3 aromatic rings. The van der Waals surface area contributed by atoms with Gasteiger partial charge in [0.05, 0.1) is 17.4 Å². The number of piperidine rings is 1.